The van der Waals surface area contributed by atoms with Crippen molar-refractivity contribution in [1.29, 1.82) is 0 Å². The van der Waals surface area contributed by atoms with E-state index in [4.69, 9.17) is 4.74 Å². The third-order valence-electron chi connectivity index (χ3n) is 5.65. The number of amides is 3. The van der Waals surface area contributed by atoms with E-state index in [0.29, 0.717) is 30.9 Å². The molecule has 2 aromatic rings. The molecule has 8 heteroatoms. The Morgan fingerprint density at radius 2 is 1.73 bits per heavy atom. The Morgan fingerprint density at radius 1 is 1.06 bits per heavy atom. The number of benzene rings is 2. The van der Waals surface area contributed by atoms with Crippen LogP contribution in [0.15, 0.2) is 54.6 Å². The van der Waals surface area contributed by atoms with E-state index >= 15 is 0 Å². The van der Waals surface area contributed by atoms with Crippen LogP contribution in [0.25, 0.3) is 0 Å². The van der Waals surface area contributed by atoms with Gasteiger partial charge in [-0.25, -0.2) is 4.39 Å². The summed E-state index contributed by atoms with van der Waals surface area (Å²) >= 11 is 0. The van der Waals surface area contributed by atoms with Crippen molar-refractivity contribution >= 4 is 17.7 Å². The number of ether oxygens (including phenoxy) is 1. The highest BCUT2D eigenvalue weighted by Gasteiger charge is 2.34. The van der Waals surface area contributed by atoms with Crippen molar-refractivity contribution in [3.05, 3.63) is 66.0 Å². The summed E-state index contributed by atoms with van der Waals surface area (Å²) in [5, 5.41) is 2.79. The molecule has 0 aliphatic carbocycles. The smallest absolute Gasteiger partial charge is 0.258 e. The van der Waals surface area contributed by atoms with Crippen LogP contribution in [-0.4, -0.2) is 65.8 Å². The predicted octanol–water partition coefficient (Wildman–Crippen LogP) is 2.72. The van der Waals surface area contributed by atoms with Gasteiger partial charge in [-0.05, 0) is 49.2 Å². The Hall–Kier alpha value is -3.42. The first kappa shape index (κ1) is 24.2. The van der Waals surface area contributed by atoms with Crippen molar-refractivity contribution < 1.29 is 23.5 Å². The highest BCUT2D eigenvalue weighted by molar-refractivity contribution is 5.95. The molecule has 2 atom stereocenters. The molecule has 0 aromatic heterocycles. The summed E-state index contributed by atoms with van der Waals surface area (Å²) in [5.74, 6) is -0.682. The molecule has 1 saturated heterocycles. The number of nitrogens with one attached hydrogen (secondary N) is 1. The molecule has 3 amide bonds. The van der Waals surface area contributed by atoms with Gasteiger partial charge in [-0.15, -0.1) is 0 Å². The molecule has 176 valence electrons. The SMILES string of the molecule is CC(C)C(NC(=O)COc1ccccc1)C(=O)N1CCN(C(=O)c2ccc(F)cc2)C(C)C1. The number of carbonyl (C=O) groups excluding carboxylic acids is 3. The Kier molecular flexibility index (Phi) is 8.03. The molecule has 0 spiro atoms. The van der Waals surface area contributed by atoms with Gasteiger partial charge in [0.05, 0.1) is 0 Å². The van der Waals surface area contributed by atoms with Gasteiger partial charge in [0.2, 0.25) is 5.91 Å². The second-order valence-corrected chi connectivity index (χ2v) is 8.53. The molecule has 2 aromatic carbocycles. The molecule has 1 aliphatic rings. The van der Waals surface area contributed by atoms with Gasteiger partial charge < -0.3 is 19.9 Å². The number of carbonyl (C=O) groups is 3. The van der Waals surface area contributed by atoms with Gasteiger partial charge in [-0.1, -0.05) is 32.0 Å². The monoisotopic (exact) mass is 455 g/mol. The summed E-state index contributed by atoms with van der Waals surface area (Å²) < 4.78 is 18.6. The van der Waals surface area contributed by atoms with Gasteiger partial charge in [0.25, 0.3) is 11.8 Å². The number of hydrogen-bond donors (Lipinski definition) is 1. The zero-order valence-corrected chi connectivity index (χ0v) is 19.2. The van der Waals surface area contributed by atoms with E-state index in [1.807, 2.05) is 39.0 Å². The Bertz CT molecular complexity index is 965. The lowest BCUT2D eigenvalue weighted by Crippen LogP contribution is -2.60. The summed E-state index contributed by atoms with van der Waals surface area (Å²) in [4.78, 5) is 41.8. The van der Waals surface area contributed by atoms with Crippen LogP contribution in [0.2, 0.25) is 0 Å². The lowest BCUT2D eigenvalue weighted by atomic mass is 10.0. The van der Waals surface area contributed by atoms with E-state index in [-0.39, 0.29) is 36.3 Å². The molecule has 7 nitrogen and oxygen atoms in total. The Balaban J connectivity index is 1.57. The van der Waals surface area contributed by atoms with Gasteiger partial charge in [0.15, 0.2) is 6.61 Å². The summed E-state index contributed by atoms with van der Waals surface area (Å²) in [5.41, 5.74) is 0.411. The maximum atomic E-state index is 13.2. The van der Waals surface area contributed by atoms with Gasteiger partial charge in [0, 0.05) is 31.2 Å². The topological polar surface area (TPSA) is 79.0 Å². The Morgan fingerprint density at radius 3 is 2.33 bits per heavy atom. The predicted molar refractivity (Wildman–Crippen MR) is 122 cm³/mol. The largest absolute Gasteiger partial charge is 0.484 e. The molecule has 3 rings (SSSR count). The first-order chi connectivity index (χ1) is 15.8. The van der Waals surface area contributed by atoms with E-state index in [0.717, 1.165) is 0 Å². The average Bonchev–Trinajstić information content (AvgIpc) is 2.81. The Labute approximate surface area is 193 Å². The van der Waals surface area contributed by atoms with Crippen molar-refractivity contribution in [2.24, 2.45) is 5.92 Å². The van der Waals surface area contributed by atoms with Gasteiger partial charge in [-0.2, -0.15) is 0 Å². The number of rotatable bonds is 7. The fourth-order valence-electron chi connectivity index (χ4n) is 3.81. The maximum Gasteiger partial charge on any atom is 0.258 e. The lowest BCUT2D eigenvalue weighted by Gasteiger charge is -2.41. The summed E-state index contributed by atoms with van der Waals surface area (Å²) in [7, 11) is 0. The minimum Gasteiger partial charge on any atom is -0.484 e. The quantitative estimate of drug-likeness (QED) is 0.696. The highest BCUT2D eigenvalue weighted by Crippen LogP contribution is 2.17. The zero-order chi connectivity index (χ0) is 24.0. The van der Waals surface area contributed by atoms with Crippen molar-refractivity contribution in [2.75, 3.05) is 26.2 Å². The average molecular weight is 456 g/mol. The molecule has 1 N–H and O–H groups in total. The number of para-hydroxylation sites is 1. The minimum atomic E-state index is -0.691. The highest BCUT2D eigenvalue weighted by atomic mass is 19.1. The molecule has 1 fully saturated rings. The normalized spacial score (nSPS) is 16.9. The van der Waals surface area contributed by atoms with E-state index in [9.17, 15) is 18.8 Å². The van der Waals surface area contributed by atoms with Crippen LogP contribution < -0.4 is 10.1 Å². The summed E-state index contributed by atoms with van der Waals surface area (Å²) in [6.07, 6.45) is 0. The fraction of sp³-hybridized carbons (Fsp3) is 0.400. The molecule has 2 unspecified atom stereocenters. The van der Waals surface area contributed by atoms with Crippen LogP contribution in [-0.2, 0) is 9.59 Å². The number of halogens is 1. The molecular weight excluding hydrogens is 425 g/mol. The second kappa shape index (κ2) is 10.9. The third kappa shape index (κ3) is 6.31. The molecular formula is C25H30FN3O4. The van der Waals surface area contributed by atoms with Gasteiger partial charge >= 0.3 is 0 Å². The lowest BCUT2D eigenvalue weighted by molar-refractivity contribution is -0.140. The van der Waals surface area contributed by atoms with Crippen LogP contribution in [0, 0.1) is 11.7 Å². The van der Waals surface area contributed by atoms with Crippen LogP contribution in [0.5, 0.6) is 5.75 Å². The van der Waals surface area contributed by atoms with Crippen molar-refractivity contribution in [2.45, 2.75) is 32.9 Å². The molecule has 1 aliphatic heterocycles. The maximum absolute atomic E-state index is 13.2. The third-order valence-corrected chi connectivity index (χ3v) is 5.65. The van der Waals surface area contributed by atoms with Crippen molar-refractivity contribution in [3.8, 4) is 5.75 Å². The molecule has 1 heterocycles. The molecule has 0 bridgehead atoms. The fourth-order valence-corrected chi connectivity index (χ4v) is 3.81. The van der Waals surface area contributed by atoms with Crippen molar-refractivity contribution in [3.63, 3.8) is 0 Å². The van der Waals surface area contributed by atoms with E-state index in [2.05, 4.69) is 5.32 Å². The standard InChI is InChI=1S/C25H30FN3O4/c1-17(2)23(27-22(30)16-33-21-7-5-4-6-8-21)25(32)28-13-14-29(18(3)15-28)24(31)19-9-11-20(26)12-10-19/h4-12,17-18,23H,13-16H2,1-3H3,(H,27,30). The van der Waals surface area contributed by atoms with E-state index in [1.54, 1.807) is 21.9 Å². The number of nitrogens with zero attached hydrogens (tertiary/aromatic N) is 2. The molecule has 0 saturated carbocycles. The summed E-state index contributed by atoms with van der Waals surface area (Å²) in [6, 6.07) is 13.5. The van der Waals surface area contributed by atoms with Crippen LogP contribution in [0.1, 0.15) is 31.1 Å². The van der Waals surface area contributed by atoms with Gasteiger partial charge in [0.1, 0.15) is 17.6 Å². The van der Waals surface area contributed by atoms with Crippen LogP contribution in [0.3, 0.4) is 0 Å². The zero-order valence-electron chi connectivity index (χ0n) is 19.2. The second-order valence-electron chi connectivity index (χ2n) is 8.53. The minimum absolute atomic E-state index is 0.118. The van der Waals surface area contributed by atoms with Crippen molar-refractivity contribution in [1.82, 2.24) is 15.1 Å². The number of hydrogen-bond acceptors (Lipinski definition) is 4. The van der Waals surface area contributed by atoms with E-state index in [1.165, 1.54) is 24.3 Å². The number of piperazine rings is 1. The first-order valence-electron chi connectivity index (χ1n) is 11.1. The van der Waals surface area contributed by atoms with Crippen LogP contribution in [0.4, 0.5) is 4.39 Å². The van der Waals surface area contributed by atoms with Gasteiger partial charge in [-0.3, -0.25) is 14.4 Å². The first-order valence-corrected chi connectivity index (χ1v) is 11.1. The molecule has 0 radical (unpaired) electrons. The molecule has 33 heavy (non-hydrogen) atoms. The summed E-state index contributed by atoms with van der Waals surface area (Å²) in [6.45, 7) is 6.51. The van der Waals surface area contributed by atoms with Crippen LogP contribution >= 0.6 is 0 Å². The van der Waals surface area contributed by atoms with E-state index < -0.39 is 11.9 Å².